The second-order valence-electron chi connectivity index (χ2n) is 5.66. The number of pyridine rings is 1. The number of carbonyl (C=O) groups is 1. The number of benzene rings is 2. The minimum Gasteiger partial charge on any atom is -0.340 e. The van der Waals surface area contributed by atoms with Crippen LogP contribution < -0.4 is 10.6 Å². The molecule has 1 aromatic heterocycles. The van der Waals surface area contributed by atoms with Crippen LogP contribution in [0.1, 0.15) is 21.5 Å². The summed E-state index contributed by atoms with van der Waals surface area (Å²) in [6.07, 6.45) is 1.56. The molecule has 128 valence electrons. The molecule has 26 heavy (non-hydrogen) atoms. The van der Waals surface area contributed by atoms with E-state index in [0.29, 0.717) is 27.7 Å². The molecule has 5 nitrogen and oxygen atoms in total. The van der Waals surface area contributed by atoms with Gasteiger partial charge in [-0.15, -0.1) is 0 Å². The predicted octanol–water partition coefficient (Wildman–Crippen LogP) is 4.91. The Kier molecular flexibility index (Phi) is 5.16. The molecule has 0 atom stereocenters. The van der Waals surface area contributed by atoms with Crippen molar-refractivity contribution in [3.63, 3.8) is 0 Å². The number of nitrogens with one attached hydrogen (secondary N) is 2. The molecular weight excluding hydrogens is 348 g/mol. The van der Waals surface area contributed by atoms with Crippen LogP contribution in [0.4, 0.5) is 17.2 Å². The minimum absolute atomic E-state index is 0.249. The van der Waals surface area contributed by atoms with Crippen LogP contribution >= 0.6 is 11.6 Å². The maximum Gasteiger partial charge on any atom is 0.255 e. The summed E-state index contributed by atoms with van der Waals surface area (Å²) in [5.41, 5.74) is 3.41. The first kappa shape index (κ1) is 17.5. The Morgan fingerprint density at radius 3 is 2.62 bits per heavy atom. The summed E-state index contributed by atoms with van der Waals surface area (Å²) in [6, 6.07) is 17.7. The molecule has 6 heteroatoms. The minimum atomic E-state index is -0.249. The molecule has 1 heterocycles. The molecule has 0 unspecified atom stereocenters. The van der Waals surface area contributed by atoms with E-state index in [-0.39, 0.29) is 5.91 Å². The monoisotopic (exact) mass is 362 g/mol. The van der Waals surface area contributed by atoms with Gasteiger partial charge in [0.05, 0.1) is 11.6 Å². The van der Waals surface area contributed by atoms with Crippen molar-refractivity contribution in [2.75, 3.05) is 10.6 Å². The maximum atomic E-state index is 12.5. The molecule has 2 N–H and O–H groups in total. The number of hydrogen-bond donors (Lipinski definition) is 2. The first-order chi connectivity index (χ1) is 12.5. The molecule has 0 radical (unpaired) electrons. The first-order valence-corrected chi connectivity index (χ1v) is 8.24. The van der Waals surface area contributed by atoms with E-state index in [9.17, 15) is 4.79 Å². The number of carbonyl (C=O) groups excluding carboxylic acids is 1. The molecular formula is C20H15ClN4O. The molecule has 0 aliphatic carbocycles. The van der Waals surface area contributed by atoms with Gasteiger partial charge >= 0.3 is 0 Å². The van der Waals surface area contributed by atoms with Crippen molar-refractivity contribution in [3.8, 4) is 6.07 Å². The Morgan fingerprint density at radius 1 is 1.12 bits per heavy atom. The van der Waals surface area contributed by atoms with Crippen molar-refractivity contribution < 1.29 is 4.79 Å². The fraction of sp³-hybridized carbons (Fsp3) is 0.0500. The van der Waals surface area contributed by atoms with Crippen LogP contribution in [0.3, 0.4) is 0 Å². The number of amides is 1. The molecule has 0 aliphatic heterocycles. The fourth-order valence-corrected chi connectivity index (χ4v) is 2.51. The molecule has 0 bridgehead atoms. The number of rotatable bonds is 4. The van der Waals surface area contributed by atoms with Crippen LogP contribution in [-0.4, -0.2) is 10.9 Å². The zero-order chi connectivity index (χ0) is 18.5. The SMILES string of the molecule is Cc1ccc(Cl)cc1NC(=O)c1ccnc(Nc2ccc(C#N)cc2)c1. The predicted molar refractivity (Wildman–Crippen MR) is 103 cm³/mol. The summed E-state index contributed by atoms with van der Waals surface area (Å²) in [7, 11) is 0. The second-order valence-corrected chi connectivity index (χ2v) is 6.09. The summed E-state index contributed by atoms with van der Waals surface area (Å²) in [4.78, 5) is 16.7. The zero-order valence-corrected chi connectivity index (χ0v) is 14.7. The van der Waals surface area contributed by atoms with E-state index < -0.39 is 0 Å². The van der Waals surface area contributed by atoms with Crippen LogP contribution in [0.2, 0.25) is 5.02 Å². The topological polar surface area (TPSA) is 77.8 Å². The van der Waals surface area contributed by atoms with Gasteiger partial charge in [0.1, 0.15) is 5.82 Å². The molecule has 1 amide bonds. The molecule has 3 aromatic rings. The van der Waals surface area contributed by atoms with E-state index in [2.05, 4.69) is 21.7 Å². The highest BCUT2D eigenvalue weighted by Gasteiger charge is 2.10. The lowest BCUT2D eigenvalue weighted by Crippen LogP contribution is -2.13. The second kappa shape index (κ2) is 7.68. The van der Waals surface area contributed by atoms with Crippen molar-refractivity contribution in [3.05, 3.63) is 82.5 Å². The third-order valence-corrected chi connectivity index (χ3v) is 3.99. The number of anilines is 3. The van der Waals surface area contributed by atoms with Crippen molar-refractivity contribution >= 4 is 34.7 Å². The number of hydrogen-bond acceptors (Lipinski definition) is 4. The van der Waals surface area contributed by atoms with E-state index in [0.717, 1.165) is 11.3 Å². The lowest BCUT2D eigenvalue weighted by Gasteiger charge is -2.10. The Hall–Kier alpha value is -3.36. The molecule has 2 aromatic carbocycles. The van der Waals surface area contributed by atoms with E-state index in [4.69, 9.17) is 16.9 Å². The average molecular weight is 363 g/mol. The maximum absolute atomic E-state index is 12.5. The summed E-state index contributed by atoms with van der Waals surface area (Å²) in [5, 5.41) is 15.4. The third-order valence-electron chi connectivity index (χ3n) is 3.76. The normalized spacial score (nSPS) is 10.0. The largest absolute Gasteiger partial charge is 0.340 e. The Bertz CT molecular complexity index is 993. The summed E-state index contributed by atoms with van der Waals surface area (Å²) in [5.74, 6) is 0.283. The quantitative estimate of drug-likeness (QED) is 0.691. The lowest BCUT2D eigenvalue weighted by molar-refractivity contribution is 0.102. The number of aryl methyl sites for hydroxylation is 1. The van der Waals surface area contributed by atoms with Gasteiger partial charge in [0, 0.05) is 28.2 Å². The van der Waals surface area contributed by atoms with E-state index in [1.165, 1.54) is 0 Å². The van der Waals surface area contributed by atoms with Crippen molar-refractivity contribution in [1.82, 2.24) is 4.98 Å². The Balaban J connectivity index is 1.76. The molecule has 0 saturated heterocycles. The summed E-state index contributed by atoms with van der Waals surface area (Å²) < 4.78 is 0. The van der Waals surface area contributed by atoms with Gasteiger partial charge in [-0.2, -0.15) is 5.26 Å². The van der Waals surface area contributed by atoms with Crippen LogP contribution in [0.25, 0.3) is 0 Å². The van der Waals surface area contributed by atoms with Crippen molar-refractivity contribution in [2.45, 2.75) is 6.92 Å². The molecule has 0 saturated carbocycles. The van der Waals surface area contributed by atoms with Crippen LogP contribution in [0, 0.1) is 18.3 Å². The van der Waals surface area contributed by atoms with Gasteiger partial charge in [-0.25, -0.2) is 4.98 Å². The highest BCUT2D eigenvalue weighted by Crippen LogP contribution is 2.22. The van der Waals surface area contributed by atoms with Gasteiger partial charge in [-0.05, 0) is 61.0 Å². The van der Waals surface area contributed by atoms with E-state index >= 15 is 0 Å². The summed E-state index contributed by atoms with van der Waals surface area (Å²) >= 11 is 5.99. The third kappa shape index (κ3) is 4.18. The van der Waals surface area contributed by atoms with Crippen LogP contribution in [0.15, 0.2) is 60.8 Å². The summed E-state index contributed by atoms with van der Waals surface area (Å²) in [6.45, 7) is 1.90. The standard InChI is InChI=1S/C20H15ClN4O/c1-13-2-5-16(21)11-18(13)25-20(26)15-8-9-23-19(10-15)24-17-6-3-14(12-22)4-7-17/h2-11H,1H3,(H,23,24)(H,25,26). The average Bonchev–Trinajstić information content (AvgIpc) is 2.65. The smallest absolute Gasteiger partial charge is 0.255 e. The number of nitrogens with zero attached hydrogens (tertiary/aromatic N) is 2. The van der Waals surface area contributed by atoms with Gasteiger partial charge in [0.15, 0.2) is 0 Å². The number of nitriles is 1. The first-order valence-electron chi connectivity index (χ1n) is 7.86. The molecule has 0 aliphatic rings. The van der Waals surface area contributed by atoms with Crippen LogP contribution in [-0.2, 0) is 0 Å². The van der Waals surface area contributed by atoms with Crippen LogP contribution in [0.5, 0.6) is 0 Å². The lowest BCUT2D eigenvalue weighted by atomic mass is 10.2. The molecule has 0 spiro atoms. The van der Waals surface area contributed by atoms with Gasteiger partial charge in [0.25, 0.3) is 5.91 Å². The van der Waals surface area contributed by atoms with Gasteiger partial charge in [-0.1, -0.05) is 17.7 Å². The van der Waals surface area contributed by atoms with Gasteiger partial charge < -0.3 is 10.6 Å². The highest BCUT2D eigenvalue weighted by atomic mass is 35.5. The number of aromatic nitrogens is 1. The zero-order valence-electron chi connectivity index (χ0n) is 14.0. The fourth-order valence-electron chi connectivity index (χ4n) is 2.34. The Morgan fingerprint density at radius 2 is 1.88 bits per heavy atom. The molecule has 0 fully saturated rings. The van der Waals surface area contributed by atoms with Gasteiger partial charge in [-0.3, -0.25) is 4.79 Å². The molecule has 3 rings (SSSR count). The van der Waals surface area contributed by atoms with Crippen molar-refractivity contribution in [1.29, 1.82) is 5.26 Å². The number of halogens is 1. The van der Waals surface area contributed by atoms with E-state index in [1.807, 2.05) is 13.0 Å². The van der Waals surface area contributed by atoms with E-state index in [1.54, 1.807) is 54.7 Å². The Labute approximate surface area is 156 Å². The van der Waals surface area contributed by atoms with Crippen molar-refractivity contribution in [2.24, 2.45) is 0 Å². The van der Waals surface area contributed by atoms with Gasteiger partial charge in [0.2, 0.25) is 0 Å². The highest BCUT2D eigenvalue weighted by molar-refractivity contribution is 6.31.